The van der Waals surface area contributed by atoms with Crippen LogP contribution in [0.3, 0.4) is 0 Å². The molecule has 0 atom stereocenters. The molecule has 0 aliphatic carbocycles. The van der Waals surface area contributed by atoms with E-state index in [2.05, 4.69) is 17.2 Å². The van der Waals surface area contributed by atoms with Gasteiger partial charge in [0.2, 0.25) is 5.91 Å². The van der Waals surface area contributed by atoms with Crippen LogP contribution in [0, 0.1) is 5.92 Å². The quantitative estimate of drug-likeness (QED) is 0.897. The lowest BCUT2D eigenvalue weighted by Crippen LogP contribution is -2.43. The van der Waals surface area contributed by atoms with Gasteiger partial charge in [-0.2, -0.15) is 0 Å². The minimum Gasteiger partial charge on any atom is -0.341 e. The number of piperidine rings is 1. The first-order valence-electron chi connectivity index (χ1n) is 8.61. The number of hydrogen-bond acceptors (Lipinski definition) is 4. The number of nitrogens with zero attached hydrogens (tertiary/aromatic N) is 3. The van der Waals surface area contributed by atoms with E-state index in [0.29, 0.717) is 16.8 Å². The summed E-state index contributed by atoms with van der Waals surface area (Å²) in [7, 11) is 0. The Morgan fingerprint density at radius 2 is 2.04 bits per heavy atom. The Hall–Kier alpha value is -2.21. The number of para-hydroxylation sites is 1. The molecule has 0 radical (unpaired) electrons. The molecule has 24 heavy (non-hydrogen) atoms. The summed E-state index contributed by atoms with van der Waals surface area (Å²) in [5.41, 5.74) is 0.506. The Morgan fingerprint density at radius 1 is 1.29 bits per heavy atom. The van der Waals surface area contributed by atoms with Crippen molar-refractivity contribution in [3.8, 4) is 0 Å². The fourth-order valence-corrected chi connectivity index (χ4v) is 3.20. The number of benzene rings is 1. The van der Waals surface area contributed by atoms with Crippen molar-refractivity contribution in [1.82, 2.24) is 19.8 Å². The monoisotopic (exact) mass is 328 g/mol. The Kier molecular flexibility index (Phi) is 5.25. The van der Waals surface area contributed by atoms with Crippen LogP contribution in [0.4, 0.5) is 0 Å². The lowest BCUT2D eigenvalue weighted by molar-refractivity contribution is -0.133. The van der Waals surface area contributed by atoms with Crippen molar-refractivity contribution in [2.75, 3.05) is 26.2 Å². The number of hydrogen-bond donors (Lipinski definition) is 1. The fourth-order valence-electron chi connectivity index (χ4n) is 3.20. The second-order valence-electron chi connectivity index (χ2n) is 6.33. The number of likely N-dealkylation sites (tertiary alicyclic amines) is 1. The van der Waals surface area contributed by atoms with Crippen LogP contribution in [0.15, 0.2) is 35.4 Å². The molecule has 1 N–H and O–H groups in total. The largest absolute Gasteiger partial charge is 0.341 e. The van der Waals surface area contributed by atoms with Crippen LogP contribution < -0.4 is 10.9 Å². The number of aromatic nitrogens is 2. The molecule has 3 rings (SSSR count). The standard InChI is InChI=1S/C18H24N4O2/c1-2-19-11-14-7-9-21(10-8-14)17(23)12-22-13-20-16-6-4-3-5-15(16)18(22)24/h3-6,13-14,19H,2,7-12H2,1H3. The molecule has 1 aliphatic rings. The number of rotatable bonds is 5. The lowest BCUT2D eigenvalue weighted by atomic mass is 9.97. The van der Waals surface area contributed by atoms with Crippen molar-refractivity contribution < 1.29 is 4.79 Å². The Balaban J connectivity index is 1.64. The minimum absolute atomic E-state index is 0.00363. The fraction of sp³-hybridized carbons (Fsp3) is 0.500. The third kappa shape index (κ3) is 3.64. The van der Waals surface area contributed by atoms with Crippen molar-refractivity contribution in [2.24, 2.45) is 5.92 Å². The van der Waals surface area contributed by atoms with E-state index in [1.807, 2.05) is 17.0 Å². The normalized spacial score (nSPS) is 15.8. The summed E-state index contributed by atoms with van der Waals surface area (Å²) in [6.45, 7) is 5.71. The molecule has 1 saturated heterocycles. The number of fused-ring (bicyclic) bond motifs is 1. The van der Waals surface area contributed by atoms with Gasteiger partial charge in [0.25, 0.3) is 5.56 Å². The number of carbonyl (C=O) groups excluding carboxylic acids is 1. The molecule has 0 bridgehead atoms. The summed E-state index contributed by atoms with van der Waals surface area (Å²) in [6, 6.07) is 7.21. The highest BCUT2D eigenvalue weighted by Crippen LogP contribution is 2.16. The zero-order valence-electron chi connectivity index (χ0n) is 14.1. The highest BCUT2D eigenvalue weighted by atomic mass is 16.2. The molecule has 1 fully saturated rings. The molecule has 1 aliphatic heterocycles. The van der Waals surface area contributed by atoms with Gasteiger partial charge < -0.3 is 10.2 Å². The van der Waals surface area contributed by atoms with Gasteiger partial charge in [0.15, 0.2) is 0 Å². The second-order valence-corrected chi connectivity index (χ2v) is 6.33. The average molecular weight is 328 g/mol. The van der Waals surface area contributed by atoms with Gasteiger partial charge in [-0.1, -0.05) is 19.1 Å². The predicted octanol–water partition coefficient (Wildman–Crippen LogP) is 1.24. The molecule has 128 valence electrons. The Labute approximate surface area is 141 Å². The van der Waals surface area contributed by atoms with E-state index in [1.165, 1.54) is 10.9 Å². The average Bonchev–Trinajstić information content (AvgIpc) is 2.63. The first kappa shape index (κ1) is 16.6. The van der Waals surface area contributed by atoms with Crippen LogP contribution in [0.1, 0.15) is 19.8 Å². The second kappa shape index (κ2) is 7.57. The van der Waals surface area contributed by atoms with E-state index in [4.69, 9.17) is 0 Å². The summed E-state index contributed by atoms with van der Waals surface area (Å²) in [4.78, 5) is 31.1. The van der Waals surface area contributed by atoms with Crippen molar-refractivity contribution in [1.29, 1.82) is 0 Å². The van der Waals surface area contributed by atoms with Crippen molar-refractivity contribution >= 4 is 16.8 Å². The molecule has 0 saturated carbocycles. The highest BCUT2D eigenvalue weighted by molar-refractivity contribution is 5.79. The van der Waals surface area contributed by atoms with E-state index in [-0.39, 0.29) is 18.0 Å². The zero-order valence-corrected chi connectivity index (χ0v) is 14.1. The summed E-state index contributed by atoms with van der Waals surface area (Å²) in [5.74, 6) is 0.634. The molecule has 1 amide bonds. The van der Waals surface area contributed by atoms with Crippen LogP contribution >= 0.6 is 0 Å². The molecule has 2 heterocycles. The van der Waals surface area contributed by atoms with E-state index >= 15 is 0 Å². The van der Waals surface area contributed by atoms with Gasteiger partial charge in [0.1, 0.15) is 6.54 Å². The lowest BCUT2D eigenvalue weighted by Gasteiger charge is -2.32. The smallest absolute Gasteiger partial charge is 0.261 e. The molecule has 6 heteroatoms. The van der Waals surface area contributed by atoms with Gasteiger partial charge >= 0.3 is 0 Å². The van der Waals surface area contributed by atoms with Gasteiger partial charge in [0, 0.05) is 13.1 Å². The summed E-state index contributed by atoms with van der Waals surface area (Å²) >= 11 is 0. The van der Waals surface area contributed by atoms with E-state index in [0.717, 1.165) is 39.0 Å². The molecule has 1 aromatic carbocycles. The van der Waals surface area contributed by atoms with Crippen LogP contribution in [-0.4, -0.2) is 46.5 Å². The third-order valence-electron chi connectivity index (χ3n) is 4.69. The first-order valence-corrected chi connectivity index (χ1v) is 8.61. The van der Waals surface area contributed by atoms with E-state index in [9.17, 15) is 9.59 Å². The van der Waals surface area contributed by atoms with Crippen molar-refractivity contribution in [2.45, 2.75) is 26.3 Å². The minimum atomic E-state index is -0.156. The van der Waals surface area contributed by atoms with Crippen LogP contribution in [0.5, 0.6) is 0 Å². The molecule has 6 nitrogen and oxygen atoms in total. The number of amides is 1. The van der Waals surface area contributed by atoms with Gasteiger partial charge in [-0.3, -0.25) is 14.2 Å². The zero-order chi connectivity index (χ0) is 16.9. The van der Waals surface area contributed by atoms with Crippen LogP contribution in [0.2, 0.25) is 0 Å². The Morgan fingerprint density at radius 3 is 2.79 bits per heavy atom. The Bertz CT molecular complexity index is 763. The SMILES string of the molecule is CCNCC1CCN(C(=O)Cn2cnc3ccccc3c2=O)CC1. The molecular formula is C18H24N4O2. The molecule has 0 spiro atoms. The maximum absolute atomic E-state index is 12.5. The van der Waals surface area contributed by atoms with Crippen LogP contribution in [-0.2, 0) is 11.3 Å². The molecule has 2 aromatic rings. The summed E-state index contributed by atoms with van der Waals surface area (Å²) in [6.07, 6.45) is 3.51. The topological polar surface area (TPSA) is 67.2 Å². The predicted molar refractivity (Wildman–Crippen MR) is 93.9 cm³/mol. The van der Waals surface area contributed by atoms with E-state index < -0.39 is 0 Å². The van der Waals surface area contributed by atoms with Crippen LogP contribution in [0.25, 0.3) is 10.9 Å². The number of nitrogens with one attached hydrogen (secondary N) is 1. The van der Waals surface area contributed by atoms with E-state index in [1.54, 1.807) is 12.1 Å². The van der Waals surface area contributed by atoms with Gasteiger partial charge in [-0.25, -0.2) is 4.98 Å². The molecule has 1 aromatic heterocycles. The third-order valence-corrected chi connectivity index (χ3v) is 4.69. The number of carbonyl (C=O) groups is 1. The molecular weight excluding hydrogens is 304 g/mol. The van der Waals surface area contributed by atoms with Crippen molar-refractivity contribution in [3.05, 3.63) is 40.9 Å². The highest BCUT2D eigenvalue weighted by Gasteiger charge is 2.22. The van der Waals surface area contributed by atoms with Gasteiger partial charge in [-0.05, 0) is 44.0 Å². The summed E-state index contributed by atoms with van der Waals surface area (Å²) < 4.78 is 1.41. The maximum atomic E-state index is 12.5. The maximum Gasteiger partial charge on any atom is 0.261 e. The first-order chi connectivity index (χ1) is 11.7. The van der Waals surface area contributed by atoms with Crippen molar-refractivity contribution in [3.63, 3.8) is 0 Å². The summed E-state index contributed by atoms with van der Waals surface area (Å²) in [5, 5.41) is 3.92. The van der Waals surface area contributed by atoms with Gasteiger partial charge in [-0.15, -0.1) is 0 Å². The van der Waals surface area contributed by atoms with Gasteiger partial charge in [0.05, 0.1) is 17.2 Å². The molecule has 0 unspecified atom stereocenters.